The van der Waals surface area contributed by atoms with E-state index < -0.39 is 0 Å². The van der Waals surface area contributed by atoms with Crippen molar-refractivity contribution in [2.75, 3.05) is 7.05 Å². The summed E-state index contributed by atoms with van der Waals surface area (Å²) in [5, 5.41) is 1.58. The second kappa shape index (κ2) is 1.81. The molecule has 0 aromatic heterocycles. The molecule has 0 unspecified atom stereocenters. The van der Waals surface area contributed by atoms with Gasteiger partial charge in [-0.15, -0.1) is 0 Å². The van der Waals surface area contributed by atoms with E-state index in [0.29, 0.717) is 0 Å². The SMILES string of the molecule is CNN1C=CON1. The lowest BCUT2D eigenvalue weighted by Gasteiger charge is -2.09. The average Bonchev–Trinajstić information content (AvgIpc) is 2.14. The molecule has 0 saturated carbocycles. The summed E-state index contributed by atoms with van der Waals surface area (Å²) < 4.78 is 0. The van der Waals surface area contributed by atoms with Crippen LogP contribution in [0.2, 0.25) is 0 Å². The van der Waals surface area contributed by atoms with Gasteiger partial charge in [0.25, 0.3) is 0 Å². The van der Waals surface area contributed by atoms with Crippen LogP contribution in [-0.4, -0.2) is 12.2 Å². The first-order valence-electron chi connectivity index (χ1n) is 1.98. The fourth-order valence-corrected chi connectivity index (χ4v) is 0.329. The molecule has 1 aliphatic rings. The van der Waals surface area contributed by atoms with E-state index in [9.17, 15) is 0 Å². The van der Waals surface area contributed by atoms with E-state index in [2.05, 4.69) is 15.9 Å². The highest BCUT2D eigenvalue weighted by Gasteiger charge is 1.96. The molecule has 2 N–H and O–H groups in total. The summed E-state index contributed by atoms with van der Waals surface area (Å²) in [7, 11) is 1.78. The normalized spacial score (nSPS) is 17.6. The number of nitrogens with one attached hydrogen (secondary N) is 2. The molecule has 0 bridgehead atoms. The molecular formula is C3H7N3O. The fourth-order valence-electron chi connectivity index (χ4n) is 0.329. The lowest BCUT2D eigenvalue weighted by Crippen LogP contribution is -2.37. The fraction of sp³-hybridized carbons (Fsp3) is 0.333. The highest BCUT2D eigenvalue weighted by atomic mass is 16.7. The van der Waals surface area contributed by atoms with Crippen LogP contribution in [0.3, 0.4) is 0 Å². The summed E-state index contributed by atoms with van der Waals surface area (Å²) >= 11 is 0. The van der Waals surface area contributed by atoms with Crippen LogP contribution in [0.25, 0.3) is 0 Å². The predicted octanol–water partition coefficient (Wildman–Crippen LogP) is -0.656. The van der Waals surface area contributed by atoms with Gasteiger partial charge in [0, 0.05) is 7.05 Å². The Morgan fingerprint density at radius 3 is 3.00 bits per heavy atom. The molecule has 0 amide bonds. The minimum atomic E-state index is 1.54. The molecule has 0 atom stereocenters. The smallest absolute Gasteiger partial charge is 0.132 e. The van der Waals surface area contributed by atoms with Crippen LogP contribution >= 0.6 is 0 Å². The molecule has 40 valence electrons. The second-order valence-electron chi connectivity index (χ2n) is 1.09. The molecule has 7 heavy (non-hydrogen) atoms. The van der Waals surface area contributed by atoms with Crippen LogP contribution in [0.1, 0.15) is 0 Å². The van der Waals surface area contributed by atoms with Gasteiger partial charge in [-0.2, -0.15) is 0 Å². The molecule has 0 radical (unpaired) electrons. The third-order valence-electron chi connectivity index (χ3n) is 0.670. The number of nitrogens with zero attached hydrogens (tertiary/aromatic N) is 1. The summed E-state index contributed by atoms with van der Waals surface area (Å²) in [4.78, 5) is 4.58. The van der Waals surface area contributed by atoms with Crippen molar-refractivity contribution in [3.05, 3.63) is 12.5 Å². The Labute approximate surface area is 41.6 Å². The van der Waals surface area contributed by atoms with Crippen LogP contribution in [0.4, 0.5) is 0 Å². The molecule has 0 aromatic rings. The molecule has 0 saturated heterocycles. The molecule has 1 rings (SSSR count). The Balaban J connectivity index is 2.28. The Morgan fingerprint density at radius 1 is 1.86 bits per heavy atom. The van der Waals surface area contributed by atoms with Crippen molar-refractivity contribution in [1.29, 1.82) is 0 Å². The van der Waals surface area contributed by atoms with Crippen LogP contribution in [0.5, 0.6) is 0 Å². The van der Waals surface area contributed by atoms with Gasteiger partial charge in [0.2, 0.25) is 0 Å². The van der Waals surface area contributed by atoms with E-state index >= 15 is 0 Å². The first-order chi connectivity index (χ1) is 3.43. The summed E-state index contributed by atoms with van der Waals surface area (Å²) in [6, 6.07) is 0. The minimum absolute atomic E-state index is 1.54. The number of hydrogen-bond donors (Lipinski definition) is 2. The standard InChI is InChI=1S/C3H7N3O/c1-4-6-2-3-7-5-6/h2-5H,1H3. The van der Waals surface area contributed by atoms with E-state index in [4.69, 9.17) is 0 Å². The molecule has 0 aromatic carbocycles. The van der Waals surface area contributed by atoms with Gasteiger partial charge in [-0.25, -0.2) is 10.5 Å². The van der Waals surface area contributed by atoms with Gasteiger partial charge in [-0.3, -0.25) is 0 Å². The van der Waals surface area contributed by atoms with Crippen molar-refractivity contribution in [3.8, 4) is 0 Å². The Kier molecular flexibility index (Phi) is 1.14. The topological polar surface area (TPSA) is 36.5 Å². The quantitative estimate of drug-likeness (QED) is 0.460. The second-order valence-corrected chi connectivity index (χ2v) is 1.09. The summed E-state index contributed by atoms with van der Waals surface area (Å²) in [5.41, 5.74) is 5.29. The minimum Gasteiger partial charge on any atom is -0.394 e. The van der Waals surface area contributed by atoms with Gasteiger partial charge in [-0.1, -0.05) is 5.59 Å². The molecule has 1 aliphatic heterocycles. The zero-order valence-electron chi connectivity index (χ0n) is 4.01. The third-order valence-corrected chi connectivity index (χ3v) is 0.670. The molecule has 4 nitrogen and oxygen atoms in total. The van der Waals surface area contributed by atoms with Crippen molar-refractivity contribution in [2.45, 2.75) is 0 Å². The van der Waals surface area contributed by atoms with Gasteiger partial charge in [0.1, 0.15) is 6.26 Å². The molecular weight excluding hydrogens is 94.1 g/mol. The monoisotopic (exact) mass is 101 g/mol. The first kappa shape index (κ1) is 4.42. The van der Waals surface area contributed by atoms with Crippen molar-refractivity contribution in [1.82, 2.24) is 16.1 Å². The number of rotatable bonds is 1. The Hall–Kier alpha value is -0.740. The molecule has 1 heterocycles. The largest absolute Gasteiger partial charge is 0.394 e. The van der Waals surface area contributed by atoms with E-state index in [1.54, 1.807) is 18.4 Å². The van der Waals surface area contributed by atoms with Crippen LogP contribution < -0.4 is 11.0 Å². The Morgan fingerprint density at radius 2 is 2.71 bits per heavy atom. The van der Waals surface area contributed by atoms with E-state index in [-0.39, 0.29) is 0 Å². The molecule has 0 fully saturated rings. The maximum Gasteiger partial charge on any atom is 0.132 e. The van der Waals surface area contributed by atoms with Crippen molar-refractivity contribution in [2.24, 2.45) is 0 Å². The Bertz CT molecular complexity index is 82.2. The predicted molar refractivity (Wildman–Crippen MR) is 24.3 cm³/mol. The third kappa shape index (κ3) is 0.819. The van der Waals surface area contributed by atoms with Gasteiger partial charge < -0.3 is 4.84 Å². The van der Waals surface area contributed by atoms with E-state index in [1.807, 2.05) is 0 Å². The van der Waals surface area contributed by atoms with E-state index in [0.717, 1.165) is 0 Å². The van der Waals surface area contributed by atoms with Crippen molar-refractivity contribution >= 4 is 0 Å². The molecule has 4 heteroatoms. The van der Waals surface area contributed by atoms with Gasteiger partial charge in [-0.05, 0) is 0 Å². The summed E-state index contributed by atoms with van der Waals surface area (Å²) in [5.74, 6) is 0. The lowest BCUT2D eigenvalue weighted by molar-refractivity contribution is 0.0106. The molecule has 0 aliphatic carbocycles. The van der Waals surface area contributed by atoms with Crippen molar-refractivity contribution < 1.29 is 4.84 Å². The van der Waals surface area contributed by atoms with E-state index in [1.165, 1.54) is 6.26 Å². The maximum atomic E-state index is 4.58. The first-order valence-corrected chi connectivity index (χ1v) is 1.98. The highest BCUT2D eigenvalue weighted by molar-refractivity contribution is 4.71. The van der Waals surface area contributed by atoms with Crippen LogP contribution in [0.15, 0.2) is 12.5 Å². The van der Waals surface area contributed by atoms with Gasteiger partial charge in [0.05, 0.1) is 6.20 Å². The zero-order chi connectivity index (χ0) is 5.11. The maximum absolute atomic E-state index is 4.58. The highest BCUT2D eigenvalue weighted by Crippen LogP contribution is 1.85. The van der Waals surface area contributed by atoms with Crippen LogP contribution in [-0.2, 0) is 4.84 Å². The van der Waals surface area contributed by atoms with Gasteiger partial charge >= 0.3 is 0 Å². The van der Waals surface area contributed by atoms with Gasteiger partial charge in [0.15, 0.2) is 0 Å². The van der Waals surface area contributed by atoms with Crippen molar-refractivity contribution in [3.63, 3.8) is 0 Å². The lowest BCUT2D eigenvalue weighted by atomic mass is 11.0. The zero-order valence-corrected chi connectivity index (χ0v) is 4.01. The van der Waals surface area contributed by atoms with Crippen LogP contribution in [0, 0.1) is 0 Å². The average molecular weight is 101 g/mol. The number of hydrazine groups is 2. The number of hydrogen-bond acceptors (Lipinski definition) is 4. The summed E-state index contributed by atoms with van der Waals surface area (Å²) in [6.07, 6.45) is 3.26. The molecule has 0 spiro atoms. The summed E-state index contributed by atoms with van der Waals surface area (Å²) in [6.45, 7) is 0.